The first-order chi connectivity index (χ1) is 7.87. The zero-order valence-corrected chi connectivity index (χ0v) is 11.2. The summed E-state index contributed by atoms with van der Waals surface area (Å²) in [6.07, 6.45) is 4.36. The van der Waals surface area contributed by atoms with Gasteiger partial charge >= 0.3 is 0 Å². The van der Waals surface area contributed by atoms with Crippen molar-refractivity contribution < 1.29 is 9.59 Å². The summed E-state index contributed by atoms with van der Waals surface area (Å²) in [5.41, 5.74) is 4.07. The van der Waals surface area contributed by atoms with Gasteiger partial charge < -0.3 is 0 Å². The van der Waals surface area contributed by atoms with Crippen molar-refractivity contribution in [1.82, 2.24) is 10.9 Å². The summed E-state index contributed by atoms with van der Waals surface area (Å²) in [5.74, 6) is -0.414. The van der Waals surface area contributed by atoms with Crippen molar-refractivity contribution in [3.05, 3.63) is 0 Å². The second-order valence-corrected chi connectivity index (χ2v) is 6.62. The van der Waals surface area contributed by atoms with Gasteiger partial charge in [-0.05, 0) is 26.2 Å². The number of carbonyl (C=O) groups is 2. The number of hydrogen-bond acceptors (Lipinski definition) is 2. The van der Waals surface area contributed by atoms with E-state index >= 15 is 0 Å². The molecule has 0 aromatic rings. The number of hydrogen-bond donors (Lipinski definition) is 2. The van der Waals surface area contributed by atoms with Crippen molar-refractivity contribution in [3.63, 3.8) is 0 Å². The van der Waals surface area contributed by atoms with E-state index in [2.05, 4.69) is 10.9 Å². The molecule has 0 saturated heterocycles. The van der Waals surface area contributed by atoms with E-state index in [-0.39, 0.29) is 17.7 Å². The number of hydrazine groups is 1. The third-order valence-electron chi connectivity index (χ3n) is 3.78. The van der Waals surface area contributed by atoms with Crippen LogP contribution in [0.4, 0.5) is 0 Å². The number of alkyl halides is 2. The molecule has 0 unspecified atom stereocenters. The molecule has 0 heterocycles. The van der Waals surface area contributed by atoms with Gasteiger partial charge in [0.1, 0.15) is 4.33 Å². The van der Waals surface area contributed by atoms with E-state index in [1.807, 2.05) is 0 Å². The van der Waals surface area contributed by atoms with Gasteiger partial charge in [0.05, 0.1) is 5.41 Å². The lowest BCUT2D eigenvalue weighted by Crippen LogP contribution is -2.47. The van der Waals surface area contributed by atoms with Gasteiger partial charge in [-0.25, -0.2) is 0 Å². The first-order valence-electron chi connectivity index (χ1n) is 5.85. The Morgan fingerprint density at radius 2 is 1.71 bits per heavy atom. The molecule has 2 N–H and O–H groups in total. The SMILES string of the molecule is C[C@]1(C(=O)NNC(=O)C2CCCC2)CC1(Cl)Cl. The summed E-state index contributed by atoms with van der Waals surface area (Å²) >= 11 is 11.8. The minimum absolute atomic E-state index is 0.0269. The zero-order chi connectivity index (χ0) is 12.7. The summed E-state index contributed by atoms with van der Waals surface area (Å²) < 4.78 is -1.00. The molecule has 1 atom stereocenters. The lowest BCUT2D eigenvalue weighted by molar-refractivity contribution is -0.133. The maximum atomic E-state index is 11.8. The van der Waals surface area contributed by atoms with Crippen LogP contribution in [0.25, 0.3) is 0 Å². The fourth-order valence-corrected chi connectivity index (χ4v) is 2.90. The molecule has 0 spiro atoms. The molecule has 2 amide bonds. The van der Waals surface area contributed by atoms with Crippen molar-refractivity contribution in [3.8, 4) is 0 Å². The molecule has 2 saturated carbocycles. The van der Waals surface area contributed by atoms with Crippen LogP contribution in [0, 0.1) is 11.3 Å². The topological polar surface area (TPSA) is 58.2 Å². The molecule has 2 fully saturated rings. The fourth-order valence-electron chi connectivity index (χ4n) is 2.19. The number of nitrogens with one attached hydrogen (secondary N) is 2. The van der Waals surface area contributed by atoms with Crippen molar-refractivity contribution in [2.75, 3.05) is 0 Å². The summed E-state index contributed by atoms with van der Waals surface area (Å²) in [6, 6.07) is 0. The molecular formula is C11H16Cl2N2O2. The standard InChI is InChI=1S/C11H16Cl2N2O2/c1-10(6-11(10,12)13)9(17)15-14-8(16)7-4-2-3-5-7/h7H,2-6H2,1H3,(H,14,16)(H,15,17)/t10-/m1/s1. The van der Waals surface area contributed by atoms with Crippen LogP contribution in [-0.4, -0.2) is 16.1 Å². The Labute approximate surface area is 110 Å². The van der Waals surface area contributed by atoms with E-state index in [4.69, 9.17) is 23.2 Å². The third kappa shape index (κ3) is 2.38. The molecular weight excluding hydrogens is 263 g/mol. The van der Waals surface area contributed by atoms with Crippen LogP contribution in [0.5, 0.6) is 0 Å². The normalized spacial score (nSPS) is 31.0. The molecule has 0 aromatic carbocycles. The monoisotopic (exact) mass is 278 g/mol. The van der Waals surface area contributed by atoms with Gasteiger partial charge in [-0.2, -0.15) is 0 Å². The number of carbonyl (C=O) groups excluding carboxylic acids is 2. The van der Waals surface area contributed by atoms with Gasteiger partial charge in [0.15, 0.2) is 0 Å². The number of halogens is 2. The molecule has 2 rings (SSSR count). The van der Waals surface area contributed by atoms with Crippen molar-refractivity contribution in [1.29, 1.82) is 0 Å². The van der Waals surface area contributed by atoms with Gasteiger partial charge in [-0.15, -0.1) is 23.2 Å². The minimum Gasteiger partial charge on any atom is -0.273 e. The molecule has 0 aliphatic heterocycles. The predicted molar refractivity (Wildman–Crippen MR) is 65.4 cm³/mol. The van der Waals surface area contributed by atoms with E-state index in [0.717, 1.165) is 25.7 Å². The zero-order valence-electron chi connectivity index (χ0n) is 9.69. The lowest BCUT2D eigenvalue weighted by atomic mass is 10.1. The Morgan fingerprint density at radius 1 is 1.18 bits per heavy atom. The van der Waals surface area contributed by atoms with Crippen LogP contribution in [0.3, 0.4) is 0 Å². The predicted octanol–water partition coefficient (Wildman–Crippen LogP) is 1.91. The average molecular weight is 279 g/mol. The molecule has 6 heteroatoms. The highest BCUT2D eigenvalue weighted by Gasteiger charge is 2.68. The van der Waals surface area contributed by atoms with Crippen LogP contribution >= 0.6 is 23.2 Å². The Bertz CT molecular complexity index is 353. The van der Waals surface area contributed by atoms with Crippen LogP contribution < -0.4 is 10.9 Å². The molecule has 2 aliphatic rings. The number of rotatable bonds is 2. The molecule has 4 nitrogen and oxygen atoms in total. The fraction of sp³-hybridized carbons (Fsp3) is 0.818. The first kappa shape index (κ1) is 13.0. The summed E-state index contributed by atoms with van der Waals surface area (Å²) in [7, 11) is 0. The van der Waals surface area contributed by atoms with E-state index < -0.39 is 9.75 Å². The smallest absolute Gasteiger partial charge is 0.247 e. The van der Waals surface area contributed by atoms with Crippen molar-refractivity contribution in [2.45, 2.75) is 43.4 Å². The number of amides is 2. The van der Waals surface area contributed by atoms with Gasteiger partial charge in [-0.3, -0.25) is 20.4 Å². The molecule has 0 radical (unpaired) electrons. The van der Waals surface area contributed by atoms with E-state index in [0.29, 0.717) is 6.42 Å². The van der Waals surface area contributed by atoms with Crippen LogP contribution in [0.2, 0.25) is 0 Å². The average Bonchev–Trinajstić information content (AvgIpc) is 2.73. The van der Waals surface area contributed by atoms with Gasteiger partial charge in [-0.1, -0.05) is 12.8 Å². The van der Waals surface area contributed by atoms with Crippen LogP contribution in [0.15, 0.2) is 0 Å². The second-order valence-electron chi connectivity index (χ2n) is 5.14. The van der Waals surface area contributed by atoms with Crippen LogP contribution in [-0.2, 0) is 9.59 Å². The van der Waals surface area contributed by atoms with E-state index in [1.54, 1.807) is 6.92 Å². The Morgan fingerprint density at radius 3 is 2.18 bits per heavy atom. The quantitative estimate of drug-likeness (QED) is 0.599. The van der Waals surface area contributed by atoms with E-state index in [1.165, 1.54) is 0 Å². The summed E-state index contributed by atoms with van der Waals surface area (Å²) in [4.78, 5) is 23.4. The second kappa shape index (κ2) is 4.32. The summed E-state index contributed by atoms with van der Waals surface area (Å²) in [5, 5.41) is 0. The highest BCUT2D eigenvalue weighted by atomic mass is 35.5. The van der Waals surface area contributed by atoms with Crippen molar-refractivity contribution in [2.24, 2.45) is 11.3 Å². The largest absolute Gasteiger partial charge is 0.273 e. The summed E-state index contributed by atoms with van der Waals surface area (Å²) in [6.45, 7) is 1.68. The first-order valence-corrected chi connectivity index (χ1v) is 6.60. The molecule has 17 heavy (non-hydrogen) atoms. The molecule has 0 aromatic heterocycles. The molecule has 0 bridgehead atoms. The Balaban J connectivity index is 1.79. The minimum atomic E-state index is -1.00. The van der Waals surface area contributed by atoms with Gasteiger partial charge in [0, 0.05) is 5.92 Å². The lowest BCUT2D eigenvalue weighted by Gasteiger charge is -2.15. The Kier molecular flexibility index (Phi) is 3.29. The molecule has 2 aliphatic carbocycles. The van der Waals surface area contributed by atoms with Gasteiger partial charge in [0.25, 0.3) is 0 Å². The third-order valence-corrected chi connectivity index (χ3v) is 4.89. The maximum Gasteiger partial charge on any atom is 0.247 e. The Hall–Kier alpha value is -0.480. The highest BCUT2D eigenvalue weighted by molar-refractivity contribution is 6.53. The maximum absolute atomic E-state index is 11.8. The van der Waals surface area contributed by atoms with Crippen molar-refractivity contribution >= 4 is 35.0 Å². The highest BCUT2D eigenvalue weighted by Crippen LogP contribution is 2.63. The van der Waals surface area contributed by atoms with Gasteiger partial charge in [0.2, 0.25) is 11.8 Å². The van der Waals surface area contributed by atoms with E-state index in [9.17, 15) is 9.59 Å². The van der Waals surface area contributed by atoms with Crippen LogP contribution in [0.1, 0.15) is 39.0 Å². The molecule has 96 valence electrons.